The molecule has 0 saturated carbocycles. The Morgan fingerprint density at radius 2 is 1.82 bits per heavy atom. The van der Waals surface area contributed by atoms with E-state index in [4.69, 9.17) is 9.47 Å². The Hall–Kier alpha value is -3.46. The third kappa shape index (κ3) is 3.26. The first kappa shape index (κ1) is 22.3. The average Bonchev–Trinajstić information content (AvgIpc) is 3.09. The zero-order chi connectivity index (χ0) is 24.4. The van der Waals surface area contributed by atoms with Crippen molar-refractivity contribution in [3.63, 3.8) is 0 Å². The van der Waals surface area contributed by atoms with Crippen LogP contribution in [0.1, 0.15) is 60.7 Å². The summed E-state index contributed by atoms with van der Waals surface area (Å²) in [6.45, 7) is 7.20. The molecule has 0 bridgehead atoms. The molecule has 0 radical (unpaired) electrons. The van der Waals surface area contributed by atoms with Crippen LogP contribution in [-0.2, 0) is 18.3 Å². The number of nitrogens with zero attached hydrogens (tertiary/aromatic N) is 3. The maximum Gasteiger partial charge on any atom is 0.162 e. The number of hydrogen-bond acceptors (Lipinski definition) is 5. The summed E-state index contributed by atoms with van der Waals surface area (Å²) in [6, 6.07) is 8.37. The van der Waals surface area contributed by atoms with Crippen LogP contribution in [0.15, 0.2) is 35.5 Å². The van der Waals surface area contributed by atoms with Gasteiger partial charge in [0.05, 0.1) is 14.2 Å². The van der Waals surface area contributed by atoms with E-state index in [0.717, 1.165) is 58.9 Å². The van der Waals surface area contributed by atoms with Crippen LogP contribution in [0.2, 0.25) is 0 Å². The third-order valence-corrected chi connectivity index (χ3v) is 7.66. The molecule has 5 rings (SSSR count). The van der Waals surface area contributed by atoms with Crippen LogP contribution in [-0.4, -0.2) is 36.0 Å². The van der Waals surface area contributed by atoms with Crippen molar-refractivity contribution in [2.75, 3.05) is 20.8 Å². The Morgan fingerprint density at radius 3 is 2.47 bits per heavy atom. The Balaban J connectivity index is 1.75. The molecule has 0 amide bonds. The van der Waals surface area contributed by atoms with E-state index < -0.39 is 0 Å². The van der Waals surface area contributed by atoms with Gasteiger partial charge in [0.25, 0.3) is 0 Å². The molecule has 0 unspecified atom stereocenters. The van der Waals surface area contributed by atoms with Gasteiger partial charge in [0.1, 0.15) is 11.8 Å². The number of ether oxygens (including phenoxy) is 2. The van der Waals surface area contributed by atoms with E-state index in [1.54, 1.807) is 14.2 Å². The summed E-state index contributed by atoms with van der Waals surface area (Å²) in [5.41, 5.74) is 8.02. The number of hydrogen-bond donors (Lipinski definition) is 0. The number of ketones is 1. The first-order valence-corrected chi connectivity index (χ1v) is 11.8. The SMILES string of the molecule is COc1cc2c(cc1OC)C1=C[C@H](c3cc(C#N)n(C)c3C)C3=C(CC(C)(C)CC3=O)N1CC2. The van der Waals surface area contributed by atoms with E-state index in [2.05, 4.69) is 43.0 Å². The van der Waals surface area contributed by atoms with Crippen molar-refractivity contribution in [3.8, 4) is 17.6 Å². The number of rotatable bonds is 3. The third-order valence-electron chi connectivity index (χ3n) is 7.66. The fourth-order valence-electron chi connectivity index (χ4n) is 5.85. The first-order chi connectivity index (χ1) is 16.2. The molecule has 1 aliphatic carbocycles. The number of methoxy groups -OCH3 is 2. The van der Waals surface area contributed by atoms with Crippen molar-refractivity contribution in [1.82, 2.24) is 9.47 Å². The predicted molar refractivity (Wildman–Crippen MR) is 131 cm³/mol. The minimum absolute atomic E-state index is 0.0929. The fourth-order valence-corrected chi connectivity index (χ4v) is 5.85. The normalized spacial score (nSPS) is 20.7. The lowest BCUT2D eigenvalue weighted by Crippen LogP contribution is -2.40. The molecule has 0 N–H and O–H groups in total. The average molecular weight is 458 g/mol. The first-order valence-electron chi connectivity index (χ1n) is 11.8. The molecule has 176 valence electrons. The maximum atomic E-state index is 13.6. The summed E-state index contributed by atoms with van der Waals surface area (Å²) in [5.74, 6) is 1.46. The number of nitriles is 1. The van der Waals surface area contributed by atoms with Gasteiger partial charge in [-0.05, 0) is 60.6 Å². The second kappa shape index (κ2) is 7.80. The highest BCUT2D eigenvalue weighted by molar-refractivity contribution is 6.01. The van der Waals surface area contributed by atoms with Crippen LogP contribution in [0.5, 0.6) is 11.5 Å². The van der Waals surface area contributed by atoms with Crippen molar-refractivity contribution in [2.24, 2.45) is 12.5 Å². The summed E-state index contributed by atoms with van der Waals surface area (Å²) in [6.07, 6.45) is 4.48. The van der Waals surface area contributed by atoms with Crippen LogP contribution in [0.25, 0.3) is 5.70 Å². The van der Waals surface area contributed by atoms with Crippen molar-refractivity contribution in [3.05, 3.63) is 63.6 Å². The second-order valence-corrected chi connectivity index (χ2v) is 10.3. The minimum atomic E-state index is -0.183. The van der Waals surface area contributed by atoms with Crippen molar-refractivity contribution in [1.29, 1.82) is 5.26 Å². The largest absolute Gasteiger partial charge is 0.493 e. The van der Waals surface area contributed by atoms with E-state index in [-0.39, 0.29) is 17.1 Å². The van der Waals surface area contributed by atoms with Gasteiger partial charge >= 0.3 is 0 Å². The Bertz CT molecular complexity index is 1320. The standard InChI is InChI=1S/C28H31N3O3/c1-16-19(10-18(15-29)30(16)4)21-11-22-20-12-26(34-6)25(33-5)9-17(20)7-8-31(22)23-13-28(2,3)14-24(32)27(21)23/h9-12,21H,7-8,13-14H2,1-6H3/t21-/m1/s1. The monoisotopic (exact) mass is 457 g/mol. The molecule has 0 saturated heterocycles. The van der Waals surface area contributed by atoms with Gasteiger partial charge in [-0.3, -0.25) is 4.79 Å². The number of carbonyl (C=O) groups excluding carboxylic acids is 1. The molecule has 3 heterocycles. The van der Waals surface area contributed by atoms with Gasteiger partial charge in [0, 0.05) is 54.2 Å². The molecular weight excluding hydrogens is 426 g/mol. The molecule has 6 nitrogen and oxygen atoms in total. The number of carbonyl (C=O) groups is 1. The van der Waals surface area contributed by atoms with Crippen molar-refractivity contribution < 1.29 is 14.3 Å². The summed E-state index contributed by atoms with van der Waals surface area (Å²) in [5, 5.41) is 9.63. The molecule has 1 aromatic heterocycles. The smallest absolute Gasteiger partial charge is 0.162 e. The number of allylic oxidation sites excluding steroid dienone is 3. The summed E-state index contributed by atoms with van der Waals surface area (Å²) in [7, 11) is 5.23. The molecular formula is C28H31N3O3. The molecule has 2 aromatic rings. The molecule has 34 heavy (non-hydrogen) atoms. The summed E-state index contributed by atoms with van der Waals surface area (Å²) in [4.78, 5) is 15.9. The molecule has 1 atom stereocenters. The van der Waals surface area contributed by atoms with Crippen molar-refractivity contribution >= 4 is 11.5 Å². The van der Waals surface area contributed by atoms with Crippen LogP contribution in [0.4, 0.5) is 0 Å². The molecule has 1 aromatic carbocycles. The van der Waals surface area contributed by atoms with Gasteiger partial charge in [-0.2, -0.15) is 5.26 Å². The topological polar surface area (TPSA) is 67.5 Å². The predicted octanol–water partition coefficient (Wildman–Crippen LogP) is 4.86. The molecule has 0 fully saturated rings. The minimum Gasteiger partial charge on any atom is -0.493 e. The molecule has 3 aliphatic rings. The lowest BCUT2D eigenvalue weighted by Gasteiger charge is -2.46. The fraction of sp³-hybridized carbons (Fsp3) is 0.429. The summed E-state index contributed by atoms with van der Waals surface area (Å²) < 4.78 is 13.1. The Kier molecular flexibility index (Phi) is 5.12. The van der Waals surface area contributed by atoms with Crippen LogP contribution < -0.4 is 9.47 Å². The lowest BCUT2D eigenvalue weighted by molar-refractivity contribution is -0.118. The van der Waals surface area contributed by atoms with Crippen LogP contribution in [0.3, 0.4) is 0 Å². The molecule has 2 aliphatic heterocycles. The van der Waals surface area contributed by atoms with Gasteiger partial charge in [-0.1, -0.05) is 13.8 Å². The second-order valence-electron chi connectivity index (χ2n) is 10.3. The van der Waals surface area contributed by atoms with Gasteiger partial charge in [-0.15, -0.1) is 0 Å². The van der Waals surface area contributed by atoms with E-state index in [1.807, 2.05) is 24.6 Å². The highest BCUT2D eigenvalue weighted by Gasteiger charge is 2.43. The van der Waals surface area contributed by atoms with E-state index in [9.17, 15) is 10.1 Å². The van der Waals surface area contributed by atoms with Gasteiger partial charge in [0.15, 0.2) is 17.3 Å². The highest BCUT2D eigenvalue weighted by atomic mass is 16.5. The maximum absolute atomic E-state index is 13.6. The van der Waals surface area contributed by atoms with Crippen LogP contribution in [0, 0.1) is 23.7 Å². The van der Waals surface area contributed by atoms with E-state index in [1.165, 1.54) is 5.56 Å². The lowest BCUT2D eigenvalue weighted by atomic mass is 9.69. The van der Waals surface area contributed by atoms with Gasteiger partial charge < -0.3 is 18.9 Å². The van der Waals surface area contributed by atoms with Crippen LogP contribution >= 0.6 is 0 Å². The Morgan fingerprint density at radius 1 is 1.12 bits per heavy atom. The molecule has 0 spiro atoms. The van der Waals surface area contributed by atoms with E-state index >= 15 is 0 Å². The van der Waals surface area contributed by atoms with Gasteiger partial charge in [0.2, 0.25) is 0 Å². The number of Topliss-reactive ketones (excluding diaryl/α,β-unsaturated/α-hetero) is 1. The zero-order valence-corrected chi connectivity index (χ0v) is 20.8. The van der Waals surface area contributed by atoms with Crippen molar-refractivity contribution in [2.45, 2.75) is 46.0 Å². The highest BCUT2D eigenvalue weighted by Crippen LogP contribution is 2.51. The summed E-state index contributed by atoms with van der Waals surface area (Å²) >= 11 is 0. The molecule has 6 heteroatoms. The van der Waals surface area contributed by atoms with E-state index in [0.29, 0.717) is 17.9 Å². The number of fused-ring (bicyclic) bond motifs is 4. The quantitative estimate of drug-likeness (QED) is 0.658. The Labute approximate surface area is 201 Å². The number of aromatic nitrogens is 1. The van der Waals surface area contributed by atoms with Gasteiger partial charge in [-0.25, -0.2) is 0 Å². The number of benzene rings is 1. The zero-order valence-electron chi connectivity index (χ0n) is 20.8.